The third kappa shape index (κ3) is 2.62. The minimum absolute atomic E-state index is 0.0988. The smallest absolute Gasteiger partial charge is 0.257 e. The number of rotatable bonds is 1. The van der Waals surface area contributed by atoms with Crippen molar-refractivity contribution in [1.82, 2.24) is 14.9 Å². The molecule has 1 saturated heterocycles. The monoisotopic (exact) mass is 259 g/mol. The van der Waals surface area contributed by atoms with Crippen LogP contribution in [-0.2, 0) is 0 Å². The van der Waals surface area contributed by atoms with Crippen LogP contribution >= 0.6 is 0 Å². The van der Waals surface area contributed by atoms with Gasteiger partial charge in [0.05, 0.1) is 5.56 Å². The van der Waals surface area contributed by atoms with E-state index in [-0.39, 0.29) is 5.91 Å². The van der Waals surface area contributed by atoms with E-state index in [1.165, 1.54) is 51.3 Å². The van der Waals surface area contributed by atoms with Gasteiger partial charge in [0.1, 0.15) is 6.33 Å². The topological polar surface area (TPSA) is 46.1 Å². The summed E-state index contributed by atoms with van der Waals surface area (Å²) in [5.41, 5.74) is 1.02. The van der Waals surface area contributed by atoms with Gasteiger partial charge in [-0.15, -0.1) is 0 Å². The van der Waals surface area contributed by atoms with Crippen molar-refractivity contribution < 1.29 is 4.79 Å². The van der Waals surface area contributed by atoms with E-state index >= 15 is 0 Å². The molecule has 0 atom stereocenters. The van der Waals surface area contributed by atoms with E-state index < -0.39 is 0 Å². The van der Waals surface area contributed by atoms with Gasteiger partial charge in [-0.3, -0.25) is 4.79 Å². The molecule has 102 valence electrons. The summed E-state index contributed by atoms with van der Waals surface area (Å²) in [4.78, 5) is 22.3. The van der Waals surface area contributed by atoms with Crippen LogP contribution in [0.3, 0.4) is 0 Å². The molecule has 0 unspecified atom stereocenters. The minimum Gasteiger partial charge on any atom is -0.338 e. The number of hydrogen-bond acceptors (Lipinski definition) is 3. The second kappa shape index (κ2) is 5.27. The van der Waals surface area contributed by atoms with E-state index in [2.05, 4.69) is 9.97 Å². The van der Waals surface area contributed by atoms with Crippen LogP contribution in [0, 0.1) is 5.41 Å². The molecule has 3 rings (SSSR count). The molecule has 1 aliphatic carbocycles. The first-order valence-electron chi connectivity index (χ1n) is 7.33. The molecule has 1 aromatic heterocycles. The summed E-state index contributed by atoms with van der Waals surface area (Å²) in [6.45, 7) is 1.83. The summed E-state index contributed by atoms with van der Waals surface area (Å²) in [6.07, 6.45) is 13.8. The van der Waals surface area contributed by atoms with Gasteiger partial charge in [0.2, 0.25) is 0 Å². The maximum atomic E-state index is 12.4. The molecule has 1 saturated carbocycles. The van der Waals surface area contributed by atoms with Gasteiger partial charge in [-0.25, -0.2) is 9.97 Å². The highest BCUT2D eigenvalue weighted by Crippen LogP contribution is 2.42. The molecule has 1 spiro atoms. The lowest BCUT2D eigenvalue weighted by Gasteiger charge is -2.27. The number of carbonyl (C=O) groups is 1. The number of carbonyl (C=O) groups excluding carboxylic acids is 1. The summed E-state index contributed by atoms with van der Waals surface area (Å²) in [7, 11) is 0. The van der Waals surface area contributed by atoms with Crippen LogP contribution in [0.2, 0.25) is 0 Å². The van der Waals surface area contributed by atoms with E-state index in [9.17, 15) is 4.79 Å². The van der Waals surface area contributed by atoms with Crippen LogP contribution in [0.25, 0.3) is 0 Å². The number of hydrogen-bond donors (Lipinski definition) is 0. The quantitative estimate of drug-likeness (QED) is 0.779. The average Bonchev–Trinajstić information content (AvgIpc) is 2.73. The van der Waals surface area contributed by atoms with Crippen molar-refractivity contribution in [2.24, 2.45) is 5.41 Å². The molecule has 1 amide bonds. The van der Waals surface area contributed by atoms with Gasteiger partial charge >= 0.3 is 0 Å². The third-order valence-electron chi connectivity index (χ3n) is 4.70. The first kappa shape index (κ1) is 12.6. The van der Waals surface area contributed by atoms with E-state index in [0.717, 1.165) is 13.1 Å². The Kier molecular flexibility index (Phi) is 3.49. The minimum atomic E-state index is 0.0988. The molecular weight excluding hydrogens is 238 g/mol. The van der Waals surface area contributed by atoms with Gasteiger partial charge < -0.3 is 4.90 Å². The zero-order valence-corrected chi connectivity index (χ0v) is 11.3. The number of likely N-dealkylation sites (tertiary alicyclic amines) is 1. The van der Waals surface area contributed by atoms with E-state index in [4.69, 9.17) is 0 Å². The van der Waals surface area contributed by atoms with Crippen LogP contribution in [0.5, 0.6) is 0 Å². The van der Waals surface area contributed by atoms with Gasteiger partial charge in [-0.2, -0.15) is 0 Å². The molecule has 4 heteroatoms. The van der Waals surface area contributed by atoms with Crippen LogP contribution < -0.4 is 0 Å². The Balaban J connectivity index is 1.70. The first-order valence-corrected chi connectivity index (χ1v) is 7.33. The standard InChI is InChI=1S/C15H21N3O/c19-14(13-9-16-12-17-10-13)18-8-7-15(11-18)5-3-1-2-4-6-15/h9-10,12H,1-8,11H2. The van der Waals surface area contributed by atoms with Gasteiger partial charge in [0, 0.05) is 25.5 Å². The maximum Gasteiger partial charge on any atom is 0.257 e. The van der Waals surface area contributed by atoms with E-state index in [1.807, 2.05) is 4.90 Å². The highest BCUT2D eigenvalue weighted by Gasteiger charge is 2.39. The summed E-state index contributed by atoms with van der Waals surface area (Å²) in [5, 5.41) is 0. The Labute approximate surface area is 114 Å². The molecule has 0 bridgehead atoms. The van der Waals surface area contributed by atoms with Crippen LogP contribution in [0.1, 0.15) is 55.3 Å². The summed E-state index contributed by atoms with van der Waals surface area (Å²) < 4.78 is 0. The van der Waals surface area contributed by atoms with Gasteiger partial charge in [-0.05, 0) is 24.7 Å². The van der Waals surface area contributed by atoms with Crippen LogP contribution in [-0.4, -0.2) is 33.9 Å². The Bertz CT molecular complexity index is 438. The summed E-state index contributed by atoms with van der Waals surface area (Å²) in [5.74, 6) is 0.0988. The van der Waals surface area contributed by atoms with Crippen molar-refractivity contribution in [3.63, 3.8) is 0 Å². The van der Waals surface area contributed by atoms with Crippen molar-refractivity contribution in [1.29, 1.82) is 0 Å². The highest BCUT2D eigenvalue weighted by molar-refractivity contribution is 5.93. The second-order valence-corrected chi connectivity index (χ2v) is 6.02. The molecule has 1 aliphatic heterocycles. The molecule has 4 nitrogen and oxygen atoms in total. The molecular formula is C15H21N3O. The number of amides is 1. The molecule has 1 aromatic rings. The molecule has 0 N–H and O–H groups in total. The SMILES string of the molecule is O=C(c1cncnc1)N1CCC2(CCCCCC2)C1. The molecule has 0 radical (unpaired) electrons. The zero-order valence-electron chi connectivity index (χ0n) is 11.3. The fraction of sp³-hybridized carbons (Fsp3) is 0.667. The van der Waals surface area contributed by atoms with Crippen LogP contribution in [0.15, 0.2) is 18.7 Å². The molecule has 19 heavy (non-hydrogen) atoms. The van der Waals surface area contributed by atoms with Crippen molar-refractivity contribution in [3.05, 3.63) is 24.3 Å². The van der Waals surface area contributed by atoms with Gasteiger partial charge in [0.15, 0.2) is 0 Å². The Morgan fingerprint density at radius 3 is 2.42 bits per heavy atom. The van der Waals surface area contributed by atoms with Crippen LogP contribution in [0.4, 0.5) is 0 Å². The summed E-state index contributed by atoms with van der Waals surface area (Å²) >= 11 is 0. The van der Waals surface area contributed by atoms with Gasteiger partial charge in [0.25, 0.3) is 5.91 Å². The van der Waals surface area contributed by atoms with E-state index in [0.29, 0.717) is 11.0 Å². The molecule has 2 fully saturated rings. The maximum absolute atomic E-state index is 12.4. The zero-order chi connectivity index (χ0) is 13.1. The van der Waals surface area contributed by atoms with Crippen molar-refractivity contribution in [2.75, 3.05) is 13.1 Å². The largest absolute Gasteiger partial charge is 0.338 e. The Hall–Kier alpha value is -1.45. The number of aromatic nitrogens is 2. The fourth-order valence-electron chi connectivity index (χ4n) is 3.59. The van der Waals surface area contributed by atoms with Crippen molar-refractivity contribution in [3.8, 4) is 0 Å². The number of nitrogens with zero attached hydrogens (tertiary/aromatic N) is 3. The Morgan fingerprint density at radius 1 is 1.05 bits per heavy atom. The second-order valence-electron chi connectivity index (χ2n) is 6.02. The highest BCUT2D eigenvalue weighted by atomic mass is 16.2. The van der Waals surface area contributed by atoms with Crippen molar-refractivity contribution >= 4 is 5.91 Å². The Morgan fingerprint density at radius 2 is 1.74 bits per heavy atom. The fourth-order valence-corrected chi connectivity index (χ4v) is 3.59. The lowest BCUT2D eigenvalue weighted by Crippen LogP contribution is -2.32. The lowest BCUT2D eigenvalue weighted by atomic mass is 9.80. The predicted molar refractivity (Wildman–Crippen MR) is 72.7 cm³/mol. The molecule has 0 aromatic carbocycles. The van der Waals surface area contributed by atoms with Gasteiger partial charge in [-0.1, -0.05) is 25.7 Å². The molecule has 2 heterocycles. The average molecular weight is 259 g/mol. The predicted octanol–water partition coefficient (Wildman–Crippen LogP) is 2.66. The van der Waals surface area contributed by atoms with Crippen molar-refractivity contribution in [2.45, 2.75) is 44.9 Å². The third-order valence-corrected chi connectivity index (χ3v) is 4.70. The summed E-state index contributed by atoms with van der Waals surface area (Å²) in [6, 6.07) is 0. The van der Waals surface area contributed by atoms with E-state index in [1.54, 1.807) is 12.4 Å². The normalized spacial score (nSPS) is 22.4. The first-order chi connectivity index (χ1) is 9.29. The lowest BCUT2D eigenvalue weighted by molar-refractivity contribution is 0.0766. The molecule has 2 aliphatic rings.